The number of allylic oxidation sites excluding steroid dienone is 4. The highest BCUT2D eigenvalue weighted by molar-refractivity contribution is 5.67. The van der Waals surface area contributed by atoms with E-state index in [-0.39, 0.29) is 30.7 Å². The van der Waals surface area contributed by atoms with Crippen molar-refractivity contribution in [2.45, 2.75) is 117 Å². The molecule has 38 heavy (non-hydrogen) atoms. The van der Waals surface area contributed by atoms with Gasteiger partial charge in [-0.05, 0) is 88.8 Å². The molecule has 0 aromatic rings. The van der Waals surface area contributed by atoms with Gasteiger partial charge in [-0.3, -0.25) is 9.69 Å². The van der Waals surface area contributed by atoms with Gasteiger partial charge in [0.2, 0.25) is 0 Å². The van der Waals surface area contributed by atoms with Crippen molar-refractivity contribution in [3.8, 4) is 0 Å². The first-order chi connectivity index (χ1) is 17.9. The fraction of sp³-hybridized carbons (Fsp3) is 0.719. The Balaban J connectivity index is 1.59. The zero-order valence-electron chi connectivity index (χ0n) is 24.7. The van der Waals surface area contributed by atoms with E-state index in [0.29, 0.717) is 30.1 Å². The van der Waals surface area contributed by atoms with Crippen LogP contribution in [0, 0.1) is 23.7 Å². The molecule has 0 aromatic carbocycles. The van der Waals surface area contributed by atoms with Gasteiger partial charge in [0.15, 0.2) is 0 Å². The van der Waals surface area contributed by atoms with E-state index >= 15 is 0 Å². The van der Waals surface area contributed by atoms with Crippen LogP contribution in [-0.2, 0) is 14.3 Å². The Bertz CT molecular complexity index is 921. The first-order valence-corrected chi connectivity index (χ1v) is 14.6. The molecule has 0 radical (unpaired) electrons. The number of nitrogens with zero attached hydrogens (tertiary/aromatic N) is 1. The minimum Gasteiger partial charge on any atom is -0.481 e. The molecule has 0 aromatic heterocycles. The van der Waals surface area contributed by atoms with Gasteiger partial charge in [0.1, 0.15) is 6.10 Å². The summed E-state index contributed by atoms with van der Waals surface area (Å²) in [5.41, 5.74) is 2.64. The predicted octanol–water partition coefficient (Wildman–Crippen LogP) is 5.78. The smallest absolute Gasteiger partial charge is 0.305 e. The van der Waals surface area contributed by atoms with Crippen LogP contribution in [0.5, 0.6) is 0 Å². The number of aliphatic hydroxyl groups excluding tert-OH is 1. The fourth-order valence-corrected chi connectivity index (χ4v) is 6.01. The zero-order chi connectivity index (χ0) is 28.1. The highest BCUT2D eigenvalue weighted by atomic mass is 16.5. The number of aliphatic hydroxyl groups is 1. The molecule has 2 fully saturated rings. The quantitative estimate of drug-likeness (QED) is 0.330. The van der Waals surface area contributed by atoms with Crippen LogP contribution in [0.25, 0.3) is 0 Å². The van der Waals surface area contributed by atoms with E-state index in [9.17, 15) is 15.0 Å². The zero-order valence-corrected chi connectivity index (χ0v) is 24.7. The molecular weight excluding hydrogens is 478 g/mol. The Morgan fingerprint density at radius 1 is 1.18 bits per heavy atom. The standard InChI is InChI=1S/C32H51NO5/c1-9-28-21(5)11-14-29(38-28)22(6)16-20(4)10-12-25-23(7)26(25)13-15-30-32(36)27(33(8)19(2)3)17-24(37-30)18-31(34)35/h10-13,15-16,19-20,23-30,32,36H,9,14,17-18H2,1-8H3,(H,34,35)/b12-10+,15-13+,22-16+/t20-,23-,24+,25-,26+,27+,28-,29-,30+,32-/m1/s1. The van der Waals surface area contributed by atoms with Crippen molar-refractivity contribution < 1.29 is 24.5 Å². The predicted molar refractivity (Wildman–Crippen MR) is 153 cm³/mol. The van der Waals surface area contributed by atoms with Crippen LogP contribution in [-0.4, -0.2) is 70.7 Å². The topological polar surface area (TPSA) is 79.2 Å². The molecule has 1 aliphatic carbocycles. The Hall–Kier alpha value is -1.73. The molecule has 0 bridgehead atoms. The molecule has 2 N–H and O–H groups in total. The number of hydrogen-bond donors (Lipinski definition) is 2. The third-order valence-electron chi connectivity index (χ3n) is 8.90. The van der Waals surface area contributed by atoms with Gasteiger partial charge in [-0.15, -0.1) is 0 Å². The Kier molecular flexibility index (Phi) is 11.0. The van der Waals surface area contributed by atoms with Gasteiger partial charge in [-0.2, -0.15) is 0 Å². The summed E-state index contributed by atoms with van der Waals surface area (Å²) in [4.78, 5) is 13.5. The minimum absolute atomic E-state index is 0.0452. The maximum absolute atomic E-state index is 11.4. The van der Waals surface area contributed by atoms with E-state index in [1.54, 1.807) is 0 Å². The second-order valence-electron chi connectivity index (χ2n) is 12.1. The molecule has 1 saturated carbocycles. The van der Waals surface area contributed by atoms with Crippen molar-refractivity contribution in [1.29, 1.82) is 0 Å². The van der Waals surface area contributed by atoms with Crippen LogP contribution in [0.1, 0.15) is 74.1 Å². The van der Waals surface area contributed by atoms with Gasteiger partial charge in [-0.1, -0.05) is 57.2 Å². The van der Waals surface area contributed by atoms with Gasteiger partial charge in [-0.25, -0.2) is 0 Å². The van der Waals surface area contributed by atoms with E-state index in [0.717, 1.165) is 12.8 Å². The number of carbonyl (C=O) groups is 1. The molecule has 3 rings (SSSR count). The molecule has 6 heteroatoms. The molecule has 1 saturated heterocycles. The average Bonchev–Trinajstić information content (AvgIpc) is 3.49. The van der Waals surface area contributed by atoms with Crippen LogP contribution in [0.15, 0.2) is 47.6 Å². The summed E-state index contributed by atoms with van der Waals surface area (Å²) in [6.45, 7) is 15.2. The van der Waals surface area contributed by atoms with Crippen molar-refractivity contribution in [2.24, 2.45) is 23.7 Å². The number of likely N-dealkylation sites (N-methyl/N-ethyl adjacent to an activating group) is 1. The number of aliphatic carboxylic acids is 1. The van der Waals surface area contributed by atoms with Crippen LogP contribution in [0.3, 0.4) is 0 Å². The van der Waals surface area contributed by atoms with E-state index in [2.05, 4.69) is 83.7 Å². The number of carboxylic acid groups (broad SMARTS) is 1. The summed E-state index contributed by atoms with van der Waals surface area (Å²) in [6, 6.07) is 0.116. The summed E-state index contributed by atoms with van der Waals surface area (Å²) < 4.78 is 12.4. The third kappa shape index (κ3) is 7.91. The van der Waals surface area contributed by atoms with Crippen molar-refractivity contribution in [2.75, 3.05) is 7.05 Å². The van der Waals surface area contributed by atoms with Gasteiger partial charge < -0.3 is 19.7 Å². The Morgan fingerprint density at radius 2 is 1.87 bits per heavy atom. The molecule has 0 spiro atoms. The summed E-state index contributed by atoms with van der Waals surface area (Å²) in [5, 5.41) is 20.4. The monoisotopic (exact) mass is 529 g/mol. The molecule has 2 heterocycles. The van der Waals surface area contributed by atoms with Crippen LogP contribution < -0.4 is 0 Å². The van der Waals surface area contributed by atoms with Gasteiger partial charge in [0.25, 0.3) is 0 Å². The summed E-state index contributed by atoms with van der Waals surface area (Å²) in [6.07, 6.45) is 14.6. The van der Waals surface area contributed by atoms with E-state index in [1.165, 1.54) is 11.1 Å². The highest BCUT2D eigenvalue weighted by Gasteiger charge is 2.44. The maximum Gasteiger partial charge on any atom is 0.305 e. The normalized spacial score (nSPS) is 37.3. The van der Waals surface area contributed by atoms with Crippen molar-refractivity contribution in [3.63, 3.8) is 0 Å². The van der Waals surface area contributed by atoms with Crippen molar-refractivity contribution in [3.05, 3.63) is 47.6 Å². The Labute approximate surface area is 230 Å². The van der Waals surface area contributed by atoms with Gasteiger partial charge in [0, 0.05) is 12.1 Å². The maximum atomic E-state index is 11.4. The molecule has 0 unspecified atom stereocenters. The lowest BCUT2D eigenvalue weighted by Gasteiger charge is -2.43. The first-order valence-electron chi connectivity index (χ1n) is 14.6. The third-order valence-corrected chi connectivity index (χ3v) is 8.90. The lowest BCUT2D eigenvalue weighted by atomic mass is 9.91. The number of rotatable bonds is 11. The molecule has 10 atom stereocenters. The van der Waals surface area contributed by atoms with E-state index < -0.39 is 24.3 Å². The number of ether oxygens (including phenoxy) is 2. The van der Waals surface area contributed by atoms with E-state index in [4.69, 9.17) is 9.47 Å². The van der Waals surface area contributed by atoms with Crippen LogP contribution in [0.4, 0.5) is 0 Å². The summed E-state index contributed by atoms with van der Waals surface area (Å²) in [5.74, 6) is 0.861. The second-order valence-corrected chi connectivity index (χ2v) is 12.1. The van der Waals surface area contributed by atoms with Crippen molar-refractivity contribution in [1.82, 2.24) is 4.90 Å². The van der Waals surface area contributed by atoms with Crippen LogP contribution >= 0.6 is 0 Å². The lowest BCUT2D eigenvalue weighted by Crippen LogP contribution is -2.56. The fourth-order valence-electron chi connectivity index (χ4n) is 6.01. The average molecular weight is 530 g/mol. The number of hydrogen-bond acceptors (Lipinski definition) is 5. The lowest BCUT2D eigenvalue weighted by molar-refractivity contribution is -0.156. The molecule has 3 aliphatic rings. The number of carboxylic acids is 1. The molecule has 2 aliphatic heterocycles. The summed E-state index contributed by atoms with van der Waals surface area (Å²) >= 11 is 0. The van der Waals surface area contributed by atoms with Gasteiger partial charge >= 0.3 is 5.97 Å². The van der Waals surface area contributed by atoms with Gasteiger partial charge in [0.05, 0.1) is 30.8 Å². The minimum atomic E-state index is -0.869. The molecule has 214 valence electrons. The largest absolute Gasteiger partial charge is 0.481 e. The summed E-state index contributed by atoms with van der Waals surface area (Å²) in [7, 11) is 1.99. The molecule has 6 nitrogen and oxygen atoms in total. The molecule has 0 amide bonds. The van der Waals surface area contributed by atoms with Crippen molar-refractivity contribution >= 4 is 5.97 Å². The SMILES string of the molecule is CC[C@H]1O[C@@H](/C(C)=C/[C@H](C)/C=C/[C@@H]2[C@@H](C)[C@@H]2/C=C/[C@@H]2O[C@H](CC(=O)O)C[C@H](N(C)C(C)C)[C@H]2O)CC=C1C. The van der Waals surface area contributed by atoms with Crippen LogP contribution in [0.2, 0.25) is 0 Å². The Morgan fingerprint density at radius 3 is 2.50 bits per heavy atom. The first kappa shape index (κ1) is 30.8. The van der Waals surface area contributed by atoms with E-state index in [1.807, 2.05) is 13.1 Å². The highest BCUT2D eigenvalue weighted by Crippen LogP contribution is 2.48. The molecular formula is C32H51NO5. The second kappa shape index (κ2) is 13.6.